The van der Waals surface area contributed by atoms with Crippen LogP contribution < -0.4 is 9.47 Å². The van der Waals surface area contributed by atoms with E-state index in [4.69, 9.17) is 31.3 Å². The Kier molecular flexibility index (Phi) is 5.79. The smallest absolute Gasteiger partial charge is 0.341 e. The van der Waals surface area contributed by atoms with E-state index in [1.807, 2.05) is 0 Å². The zero-order chi connectivity index (χ0) is 15.1. The Bertz CT molecular complexity index is 527. The molecule has 7 nitrogen and oxygen atoms in total. The van der Waals surface area contributed by atoms with Gasteiger partial charge in [-0.25, -0.2) is 9.59 Å². The van der Waals surface area contributed by atoms with Crippen LogP contribution in [-0.4, -0.2) is 47.0 Å². The monoisotopic (exact) mass is 302 g/mol. The Balaban J connectivity index is 2.98. The molecular weight excluding hydrogens is 292 g/mol. The van der Waals surface area contributed by atoms with Crippen molar-refractivity contribution in [3.63, 3.8) is 0 Å². The van der Waals surface area contributed by atoms with Gasteiger partial charge in [-0.15, -0.1) is 11.6 Å². The van der Waals surface area contributed by atoms with Gasteiger partial charge in [0.05, 0.1) is 5.88 Å². The Morgan fingerprint density at radius 1 is 1.00 bits per heavy atom. The van der Waals surface area contributed by atoms with Gasteiger partial charge >= 0.3 is 11.9 Å². The van der Waals surface area contributed by atoms with E-state index in [9.17, 15) is 14.4 Å². The van der Waals surface area contributed by atoms with Crippen LogP contribution in [0.5, 0.6) is 11.5 Å². The number of Topliss-reactive ketones (excluding diaryl/α,β-unsaturated/α-hetero) is 1. The van der Waals surface area contributed by atoms with Gasteiger partial charge in [0.25, 0.3) is 0 Å². The number of carboxylic acid groups (broad SMARTS) is 2. The maximum atomic E-state index is 11.4. The minimum absolute atomic E-state index is 0.0276. The van der Waals surface area contributed by atoms with Crippen molar-refractivity contribution < 1.29 is 34.1 Å². The Morgan fingerprint density at radius 3 is 2.05 bits per heavy atom. The highest BCUT2D eigenvalue weighted by Crippen LogP contribution is 2.28. The predicted octanol–water partition coefficient (Wildman–Crippen LogP) is 1.03. The van der Waals surface area contributed by atoms with Gasteiger partial charge in [0.2, 0.25) is 0 Å². The van der Waals surface area contributed by atoms with E-state index in [1.165, 1.54) is 18.2 Å². The molecule has 0 saturated carbocycles. The molecule has 0 amide bonds. The third-order valence-electron chi connectivity index (χ3n) is 2.09. The van der Waals surface area contributed by atoms with Gasteiger partial charge in [-0.1, -0.05) is 0 Å². The predicted molar refractivity (Wildman–Crippen MR) is 67.8 cm³/mol. The zero-order valence-electron chi connectivity index (χ0n) is 10.2. The van der Waals surface area contributed by atoms with Gasteiger partial charge in [0, 0.05) is 5.56 Å². The molecule has 0 spiro atoms. The summed E-state index contributed by atoms with van der Waals surface area (Å²) < 4.78 is 9.89. The van der Waals surface area contributed by atoms with Crippen molar-refractivity contribution in [3.05, 3.63) is 23.8 Å². The molecule has 0 aliphatic heterocycles. The van der Waals surface area contributed by atoms with Crippen LogP contribution in [0.4, 0.5) is 0 Å². The highest BCUT2D eigenvalue weighted by molar-refractivity contribution is 6.30. The molecule has 0 radical (unpaired) electrons. The lowest BCUT2D eigenvalue weighted by Crippen LogP contribution is -2.13. The number of ketones is 1. The molecule has 0 aliphatic carbocycles. The molecule has 0 aliphatic rings. The lowest BCUT2D eigenvalue weighted by molar-refractivity contribution is -0.140. The molecule has 0 saturated heterocycles. The fourth-order valence-corrected chi connectivity index (χ4v) is 1.42. The molecule has 0 unspecified atom stereocenters. The number of hydrogen-bond acceptors (Lipinski definition) is 5. The van der Waals surface area contributed by atoms with E-state index in [2.05, 4.69) is 0 Å². The van der Waals surface area contributed by atoms with E-state index in [0.717, 1.165) is 0 Å². The second kappa shape index (κ2) is 7.34. The highest BCUT2D eigenvalue weighted by atomic mass is 35.5. The minimum Gasteiger partial charge on any atom is -0.479 e. The summed E-state index contributed by atoms with van der Waals surface area (Å²) in [6.07, 6.45) is 0. The van der Waals surface area contributed by atoms with E-state index in [-0.39, 0.29) is 28.7 Å². The number of carbonyl (C=O) groups is 3. The van der Waals surface area contributed by atoms with E-state index >= 15 is 0 Å². The lowest BCUT2D eigenvalue weighted by Gasteiger charge is -2.11. The molecule has 8 heteroatoms. The van der Waals surface area contributed by atoms with Crippen molar-refractivity contribution in [1.29, 1.82) is 0 Å². The van der Waals surface area contributed by atoms with Crippen molar-refractivity contribution in [1.82, 2.24) is 0 Å². The molecule has 1 aromatic carbocycles. The molecule has 1 aromatic rings. The van der Waals surface area contributed by atoms with Crippen LogP contribution in [-0.2, 0) is 9.59 Å². The maximum absolute atomic E-state index is 11.4. The number of ether oxygens (including phenoxy) is 2. The first kappa shape index (κ1) is 15.8. The number of benzene rings is 1. The Labute approximate surface area is 118 Å². The number of alkyl halides is 1. The van der Waals surface area contributed by atoms with Gasteiger partial charge in [-0.05, 0) is 18.2 Å². The number of hydrogen-bond donors (Lipinski definition) is 2. The van der Waals surface area contributed by atoms with Crippen LogP contribution in [0.1, 0.15) is 10.4 Å². The molecule has 0 fully saturated rings. The summed E-state index contributed by atoms with van der Waals surface area (Å²) in [6, 6.07) is 3.96. The molecule has 0 atom stereocenters. The van der Waals surface area contributed by atoms with Gasteiger partial charge < -0.3 is 19.7 Å². The average molecular weight is 303 g/mol. The summed E-state index contributed by atoms with van der Waals surface area (Å²) in [5, 5.41) is 17.1. The quantitative estimate of drug-likeness (QED) is 0.545. The number of carboxylic acids is 2. The summed E-state index contributed by atoms with van der Waals surface area (Å²) in [5.41, 5.74) is 0.211. The maximum Gasteiger partial charge on any atom is 0.341 e. The Morgan fingerprint density at radius 2 is 1.55 bits per heavy atom. The van der Waals surface area contributed by atoms with E-state index < -0.39 is 25.2 Å². The first-order valence-corrected chi connectivity index (χ1v) is 5.90. The molecule has 108 valence electrons. The van der Waals surface area contributed by atoms with Gasteiger partial charge in [0.15, 0.2) is 30.5 Å². The fourth-order valence-electron chi connectivity index (χ4n) is 1.27. The van der Waals surface area contributed by atoms with Crippen LogP contribution in [0.3, 0.4) is 0 Å². The molecule has 20 heavy (non-hydrogen) atoms. The van der Waals surface area contributed by atoms with Gasteiger partial charge in [-0.3, -0.25) is 4.79 Å². The van der Waals surface area contributed by atoms with Crippen LogP contribution in [0, 0.1) is 0 Å². The molecule has 2 N–H and O–H groups in total. The normalized spacial score (nSPS) is 9.85. The number of halogens is 1. The van der Waals surface area contributed by atoms with E-state index in [1.54, 1.807) is 0 Å². The van der Waals surface area contributed by atoms with Crippen molar-refractivity contribution in [2.45, 2.75) is 0 Å². The lowest BCUT2D eigenvalue weighted by atomic mass is 10.1. The number of carbonyl (C=O) groups excluding carboxylic acids is 1. The minimum atomic E-state index is -1.22. The largest absolute Gasteiger partial charge is 0.479 e. The van der Waals surface area contributed by atoms with Crippen molar-refractivity contribution in [2.75, 3.05) is 19.1 Å². The standard InChI is InChI=1S/C12H11ClO7/c13-4-8(14)7-1-2-9(19-5-11(15)16)10(3-7)20-6-12(17)18/h1-3H,4-6H2,(H,15,16)(H,17,18). The summed E-state index contributed by atoms with van der Waals surface area (Å²) >= 11 is 5.42. The highest BCUT2D eigenvalue weighted by Gasteiger charge is 2.13. The second-order valence-corrected chi connectivity index (χ2v) is 3.85. The summed E-state index contributed by atoms with van der Waals surface area (Å²) in [7, 11) is 0. The number of aliphatic carboxylic acids is 2. The van der Waals surface area contributed by atoms with Gasteiger partial charge in [0.1, 0.15) is 0 Å². The van der Waals surface area contributed by atoms with Crippen LogP contribution in [0.2, 0.25) is 0 Å². The van der Waals surface area contributed by atoms with Crippen molar-refractivity contribution in [3.8, 4) is 11.5 Å². The molecule has 0 aromatic heterocycles. The van der Waals surface area contributed by atoms with Crippen molar-refractivity contribution in [2.24, 2.45) is 0 Å². The van der Waals surface area contributed by atoms with Crippen molar-refractivity contribution >= 4 is 29.3 Å². The summed E-state index contributed by atoms with van der Waals surface area (Å²) in [5.74, 6) is -3.05. The van der Waals surface area contributed by atoms with Gasteiger partial charge in [-0.2, -0.15) is 0 Å². The number of rotatable bonds is 8. The zero-order valence-corrected chi connectivity index (χ0v) is 10.9. The second-order valence-electron chi connectivity index (χ2n) is 3.58. The van der Waals surface area contributed by atoms with Crippen LogP contribution in [0.25, 0.3) is 0 Å². The summed E-state index contributed by atoms with van der Waals surface area (Å²) in [6.45, 7) is -1.27. The third-order valence-corrected chi connectivity index (χ3v) is 2.33. The first-order chi connectivity index (χ1) is 9.43. The average Bonchev–Trinajstić information content (AvgIpc) is 2.42. The van der Waals surface area contributed by atoms with Crippen LogP contribution >= 0.6 is 11.6 Å². The summed E-state index contributed by atoms with van der Waals surface area (Å²) in [4.78, 5) is 32.4. The van der Waals surface area contributed by atoms with Crippen LogP contribution in [0.15, 0.2) is 18.2 Å². The SMILES string of the molecule is O=C(O)COc1ccc(C(=O)CCl)cc1OCC(=O)O. The third kappa shape index (κ3) is 4.77. The fraction of sp³-hybridized carbons (Fsp3) is 0.250. The molecule has 0 heterocycles. The van der Waals surface area contributed by atoms with E-state index in [0.29, 0.717) is 0 Å². The molecular formula is C12H11ClO7. The molecule has 1 rings (SSSR count). The Hall–Kier alpha value is -2.28. The molecule has 0 bridgehead atoms. The first-order valence-electron chi connectivity index (χ1n) is 5.36. The topological polar surface area (TPSA) is 110 Å².